The molecule has 4 heteroatoms. The van der Waals surface area contributed by atoms with E-state index in [9.17, 15) is 4.79 Å². The molecule has 0 bridgehead atoms. The number of ether oxygens (including phenoxy) is 2. The SMILES string of the molecule is O=c1cc(-c2ccccc2OCC2CCOC2)cc[nH]1. The molecule has 2 aromatic rings. The number of rotatable bonds is 4. The Morgan fingerprint density at radius 2 is 2.20 bits per heavy atom. The summed E-state index contributed by atoms with van der Waals surface area (Å²) in [7, 11) is 0. The van der Waals surface area contributed by atoms with Gasteiger partial charge in [0.2, 0.25) is 5.56 Å². The molecule has 1 atom stereocenters. The van der Waals surface area contributed by atoms with Crippen molar-refractivity contribution in [2.75, 3.05) is 19.8 Å². The van der Waals surface area contributed by atoms with Crippen LogP contribution in [-0.4, -0.2) is 24.8 Å². The highest BCUT2D eigenvalue weighted by atomic mass is 16.5. The molecule has 1 saturated heterocycles. The summed E-state index contributed by atoms with van der Waals surface area (Å²) in [5.74, 6) is 1.27. The number of benzene rings is 1. The van der Waals surface area contributed by atoms with E-state index >= 15 is 0 Å². The fourth-order valence-corrected chi connectivity index (χ4v) is 2.37. The third-order valence-electron chi connectivity index (χ3n) is 3.47. The van der Waals surface area contributed by atoms with E-state index < -0.39 is 0 Å². The second kappa shape index (κ2) is 5.92. The van der Waals surface area contributed by atoms with Crippen LogP contribution in [0.4, 0.5) is 0 Å². The predicted octanol–water partition coefficient (Wildman–Crippen LogP) is 2.46. The van der Waals surface area contributed by atoms with Gasteiger partial charge in [-0.25, -0.2) is 0 Å². The first-order valence-electron chi connectivity index (χ1n) is 6.81. The van der Waals surface area contributed by atoms with Crippen LogP contribution >= 0.6 is 0 Å². The lowest BCUT2D eigenvalue weighted by Crippen LogP contribution is -2.12. The Labute approximate surface area is 117 Å². The maximum absolute atomic E-state index is 11.4. The lowest BCUT2D eigenvalue weighted by atomic mass is 10.1. The van der Waals surface area contributed by atoms with Crippen molar-refractivity contribution in [1.29, 1.82) is 0 Å². The number of hydrogen-bond donors (Lipinski definition) is 1. The van der Waals surface area contributed by atoms with Crippen LogP contribution in [0.5, 0.6) is 5.75 Å². The Hall–Kier alpha value is -2.07. The molecule has 0 aliphatic carbocycles. The van der Waals surface area contributed by atoms with Gasteiger partial charge in [0, 0.05) is 30.4 Å². The minimum atomic E-state index is -0.110. The molecule has 0 spiro atoms. The van der Waals surface area contributed by atoms with Gasteiger partial charge in [0.15, 0.2) is 0 Å². The summed E-state index contributed by atoms with van der Waals surface area (Å²) >= 11 is 0. The van der Waals surface area contributed by atoms with Crippen LogP contribution < -0.4 is 10.3 Å². The molecule has 1 aliphatic rings. The first-order valence-corrected chi connectivity index (χ1v) is 6.81. The molecule has 0 amide bonds. The number of nitrogens with one attached hydrogen (secondary N) is 1. The fraction of sp³-hybridized carbons (Fsp3) is 0.312. The van der Waals surface area contributed by atoms with Crippen molar-refractivity contribution in [2.24, 2.45) is 5.92 Å². The van der Waals surface area contributed by atoms with E-state index in [1.807, 2.05) is 30.3 Å². The Kier molecular flexibility index (Phi) is 3.83. The summed E-state index contributed by atoms with van der Waals surface area (Å²) in [6.45, 7) is 2.25. The number of aromatic nitrogens is 1. The van der Waals surface area contributed by atoms with E-state index in [4.69, 9.17) is 9.47 Å². The minimum Gasteiger partial charge on any atom is -0.493 e. The zero-order valence-electron chi connectivity index (χ0n) is 11.2. The van der Waals surface area contributed by atoms with Crippen LogP contribution in [0.25, 0.3) is 11.1 Å². The molecule has 2 heterocycles. The van der Waals surface area contributed by atoms with Gasteiger partial charge < -0.3 is 14.5 Å². The Morgan fingerprint density at radius 3 is 3.00 bits per heavy atom. The van der Waals surface area contributed by atoms with Gasteiger partial charge in [0.1, 0.15) is 5.75 Å². The van der Waals surface area contributed by atoms with Crippen molar-refractivity contribution in [2.45, 2.75) is 6.42 Å². The topological polar surface area (TPSA) is 51.3 Å². The molecule has 1 aromatic heterocycles. The van der Waals surface area contributed by atoms with Crippen molar-refractivity contribution in [1.82, 2.24) is 4.98 Å². The summed E-state index contributed by atoms with van der Waals surface area (Å²) in [5.41, 5.74) is 1.70. The molecule has 4 nitrogen and oxygen atoms in total. The normalized spacial score (nSPS) is 18.1. The Balaban J connectivity index is 1.82. The van der Waals surface area contributed by atoms with Gasteiger partial charge in [-0.05, 0) is 24.1 Å². The summed E-state index contributed by atoms with van der Waals surface area (Å²) in [4.78, 5) is 14.1. The molecular formula is C16H17NO3. The highest BCUT2D eigenvalue weighted by Gasteiger charge is 2.17. The molecule has 1 fully saturated rings. The van der Waals surface area contributed by atoms with Crippen molar-refractivity contribution in [3.63, 3.8) is 0 Å². The highest BCUT2D eigenvalue weighted by Crippen LogP contribution is 2.29. The molecular weight excluding hydrogens is 254 g/mol. The minimum absolute atomic E-state index is 0.110. The number of hydrogen-bond acceptors (Lipinski definition) is 3. The molecule has 1 unspecified atom stereocenters. The first kappa shape index (κ1) is 12.9. The molecule has 1 aliphatic heterocycles. The van der Waals surface area contributed by atoms with E-state index in [2.05, 4.69) is 4.98 Å². The average molecular weight is 271 g/mol. The second-order valence-corrected chi connectivity index (χ2v) is 4.98. The van der Waals surface area contributed by atoms with Crippen molar-refractivity contribution in [3.05, 3.63) is 52.9 Å². The van der Waals surface area contributed by atoms with Crippen LogP contribution in [-0.2, 0) is 4.74 Å². The molecule has 104 valence electrons. The third-order valence-corrected chi connectivity index (χ3v) is 3.47. The summed E-state index contributed by atoms with van der Waals surface area (Å²) < 4.78 is 11.3. The smallest absolute Gasteiger partial charge is 0.248 e. The van der Waals surface area contributed by atoms with Crippen LogP contribution in [0.15, 0.2) is 47.4 Å². The first-order chi connectivity index (χ1) is 9.83. The Morgan fingerprint density at radius 1 is 1.30 bits per heavy atom. The van der Waals surface area contributed by atoms with E-state index in [-0.39, 0.29) is 5.56 Å². The zero-order chi connectivity index (χ0) is 13.8. The van der Waals surface area contributed by atoms with Crippen molar-refractivity contribution < 1.29 is 9.47 Å². The van der Waals surface area contributed by atoms with Gasteiger partial charge in [-0.3, -0.25) is 4.79 Å². The third kappa shape index (κ3) is 2.91. The molecule has 1 N–H and O–H groups in total. The zero-order valence-corrected chi connectivity index (χ0v) is 11.2. The van der Waals surface area contributed by atoms with Crippen molar-refractivity contribution >= 4 is 0 Å². The number of H-pyrrole nitrogens is 1. The number of pyridine rings is 1. The lowest BCUT2D eigenvalue weighted by Gasteiger charge is -2.14. The molecule has 0 radical (unpaired) electrons. The van der Waals surface area contributed by atoms with Gasteiger partial charge in [-0.15, -0.1) is 0 Å². The van der Waals surface area contributed by atoms with E-state index in [0.717, 1.165) is 36.5 Å². The second-order valence-electron chi connectivity index (χ2n) is 4.98. The van der Waals surface area contributed by atoms with Crippen LogP contribution in [0.2, 0.25) is 0 Å². The summed E-state index contributed by atoms with van der Waals surface area (Å²) in [5, 5.41) is 0. The maximum atomic E-state index is 11.4. The van der Waals surface area contributed by atoms with Crippen molar-refractivity contribution in [3.8, 4) is 16.9 Å². The van der Waals surface area contributed by atoms with E-state index in [1.165, 1.54) is 0 Å². The Bertz CT molecular complexity index is 629. The molecule has 1 aromatic carbocycles. The van der Waals surface area contributed by atoms with Gasteiger partial charge in [-0.2, -0.15) is 0 Å². The van der Waals surface area contributed by atoms with Crippen LogP contribution in [0.1, 0.15) is 6.42 Å². The van der Waals surface area contributed by atoms with Crippen LogP contribution in [0.3, 0.4) is 0 Å². The standard InChI is InChI=1S/C16H17NO3/c18-16-9-13(5-7-17-16)14-3-1-2-4-15(14)20-11-12-6-8-19-10-12/h1-5,7,9,12H,6,8,10-11H2,(H,17,18). The monoisotopic (exact) mass is 271 g/mol. The van der Waals surface area contributed by atoms with E-state index in [1.54, 1.807) is 12.3 Å². The predicted molar refractivity (Wildman–Crippen MR) is 76.9 cm³/mol. The maximum Gasteiger partial charge on any atom is 0.248 e. The van der Waals surface area contributed by atoms with Gasteiger partial charge in [0.05, 0.1) is 13.2 Å². The lowest BCUT2D eigenvalue weighted by molar-refractivity contribution is 0.167. The molecule has 0 saturated carbocycles. The highest BCUT2D eigenvalue weighted by molar-refractivity contribution is 5.69. The average Bonchev–Trinajstić information content (AvgIpc) is 2.99. The van der Waals surface area contributed by atoms with E-state index in [0.29, 0.717) is 12.5 Å². The van der Waals surface area contributed by atoms with Gasteiger partial charge >= 0.3 is 0 Å². The van der Waals surface area contributed by atoms with Crippen LogP contribution in [0, 0.1) is 5.92 Å². The summed E-state index contributed by atoms with van der Waals surface area (Å²) in [6.07, 6.45) is 2.70. The van der Waals surface area contributed by atoms with Gasteiger partial charge in [-0.1, -0.05) is 18.2 Å². The number of aromatic amines is 1. The fourth-order valence-electron chi connectivity index (χ4n) is 2.37. The number of para-hydroxylation sites is 1. The van der Waals surface area contributed by atoms with Gasteiger partial charge in [0.25, 0.3) is 0 Å². The molecule has 3 rings (SSSR count). The quantitative estimate of drug-likeness (QED) is 0.929. The molecule has 20 heavy (non-hydrogen) atoms. The summed E-state index contributed by atoms with van der Waals surface area (Å²) in [6, 6.07) is 11.3. The largest absolute Gasteiger partial charge is 0.493 e.